The van der Waals surface area contributed by atoms with E-state index in [1.807, 2.05) is 13.8 Å². The first-order chi connectivity index (χ1) is 5.31. The smallest absolute Gasteiger partial charge is 0.305 e. The maximum atomic E-state index is 10.7. The minimum Gasteiger partial charge on any atom is -0.466 e. The lowest BCUT2D eigenvalue weighted by Crippen LogP contribution is -2.09. The van der Waals surface area contributed by atoms with E-state index in [0.29, 0.717) is 13.0 Å². The molecular formula is C8H16NO2. The van der Waals surface area contributed by atoms with E-state index in [-0.39, 0.29) is 5.97 Å². The summed E-state index contributed by atoms with van der Waals surface area (Å²) in [4.78, 5) is 10.7. The fourth-order valence-corrected chi connectivity index (χ4v) is 0.726. The molecule has 0 saturated heterocycles. The number of carbonyl (C=O) groups is 1. The van der Waals surface area contributed by atoms with Crippen LogP contribution < -0.4 is 5.32 Å². The summed E-state index contributed by atoms with van der Waals surface area (Å²) < 4.78 is 4.74. The third-order valence-electron chi connectivity index (χ3n) is 1.23. The lowest BCUT2D eigenvalue weighted by Gasteiger charge is -2.00. The molecule has 65 valence electrons. The molecular weight excluding hydrogens is 142 g/mol. The van der Waals surface area contributed by atoms with E-state index in [9.17, 15) is 4.79 Å². The fourth-order valence-electron chi connectivity index (χ4n) is 0.726. The van der Waals surface area contributed by atoms with E-state index in [1.54, 1.807) is 0 Å². The van der Waals surface area contributed by atoms with Gasteiger partial charge < -0.3 is 4.74 Å². The Bertz CT molecular complexity index is 104. The molecule has 0 aliphatic heterocycles. The standard InChI is InChI=1S/C8H16NO2/c1-3-9-7-5-6-8(10)11-4-2/h3-7H2,1-2H3. The molecule has 0 aromatic carbocycles. The van der Waals surface area contributed by atoms with Crippen molar-refractivity contribution in [1.29, 1.82) is 0 Å². The Morgan fingerprint density at radius 2 is 2.18 bits per heavy atom. The van der Waals surface area contributed by atoms with Crippen LogP contribution in [-0.2, 0) is 9.53 Å². The van der Waals surface area contributed by atoms with Crippen LogP contribution in [0.3, 0.4) is 0 Å². The van der Waals surface area contributed by atoms with Gasteiger partial charge in [0.05, 0.1) is 6.61 Å². The van der Waals surface area contributed by atoms with Gasteiger partial charge in [0.25, 0.3) is 0 Å². The fraction of sp³-hybridized carbons (Fsp3) is 0.875. The maximum absolute atomic E-state index is 10.7. The first-order valence-electron chi connectivity index (χ1n) is 4.10. The van der Waals surface area contributed by atoms with Crippen LogP contribution in [0.4, 0.5) is 0 Å². The second-order valence-corrected chi connectivity index (χ2v) is 2.17. The van der Waals surface area contributed by atoms with Crippen molar-refractivity contribution in [3.05, 3.63) is 0 Å². The van der Waals surface area contributed by atoms with Crippen LogP contribution in [-0.4, -0.2) is 25.7 Å². The highest BCUT2D eigenvalue weighted by Gasteiger charge is 1.99. The number of hydrogen-bond donors (Lipinski definition) is 0. The maximum Gasteiger partial charge on any atom is 0.305 e. The lowest BCUT2D eigenvalue weighted by molar-refractivity contribution is -0.143. The van der Waals surface area contributed by atoms with Crippen LogP contribution >= 0.6 is 0 Å². The molecule has 3 nitrogen and oxygen atoms in total. The van der Waals surface area contributed by atoms with Crippen molar-refractivity contribution >= 4 is 5.97 Å². The molecule has 0 atom stereocenters. The highest BCUT2D eigenvalue weighted by atomic mass is 16.5. The number of rotatable bonds is 6. The molecule has 0 spiro atoms. The van der Waals surface area contributed by atoms with Crippen molar-refractivity contribution in [2.45, 2.75) is 26.7 Å². The molecule has 0 amide bonds. The van der Waals surface area contributed by atoms with Gasteiger partial charge in [0.1, 0.15) is 0 Å². The molecule has 11 heavy (non-hydrogen) atoms. The Morgan fingerprint density at radius 3 is 2.73 bits per heavy atom. The Labute approximate surface area is 68.1 Å². The molecule has 0 unspecified atom stereocenters. The molecule has 0 heterocycles. The van der Waals surface area contributed by atoms with Crippen LogP contribution in [0.5, 0.6) is 0 Å². The van der Waals surface area contributed by atoms with Crippen LogP contribution in [0, 0.1) is 0 Å². The Hall–Kier alpha value is -0.570. The van der Waals surface area contributed by atoms with Gasteiger partial charge in [-0.05, 0) is 13.3 Å². The summed E-state index contributed by atoms with van der Waals surface area (Å²) in [5.74, 6) is -0.112. The zero-order chi connectivity index (χ0) is 8.53. The molecule has 0 rings (SSSR count). The molecule has 3 heteroatoms. The van der Waals surface area contributed by atoms with Crippen molar-refractivity contribution in [1.82, 2.24) is 5.32 Å². The second kappa shape index (κ2) is 7.54. The van der Waals surface area contributed by atoms with Gasteiger partial charge in [-0.2, -0.15) is 0 Å². The van der Waals surface area contributed by atoms with Gasteiger partial charge in [-0.15, -0.1) is 0 Å². The lowest BCUT2D eigenvalue weighted by atomic mass is 10.3. The van der Waals surface area contributed by atoms with Crippen LogP contribution in [0.1, 0.15) is 26.7 Å². The van der Waals surface area contributed by atoms with E-state index in [4.69, 9.17) is 4.74 Å². The molecule has 0 aromatic rings. The predicted molar refractivity (Wildman–Crippen MR) is 43.4 cm³/mol. The molecule has 0 saturated carbocycles. The Balaban J connectivity index is 3.04. The predicted octanol–water partition coefficient (Wildman–Crippen LogP) is 0.954. The molecule has 0 fully saturated rings. The minimum absolute atomic E-state index is 0.112. The highest BCUT2D eigenvalue weighted by Crippen LogP contribution is 1.91. The number of esters is 1. The summed E-state index contributed by atoms with van der Waals surface area (Å²) in [6.07, 6.45) is 1.31. The van der Waals surface area contributed by atoms with Gasteiger partial charge in [-0.1, -0.05) is 6.92 Å². The van der Waals surface area contributed by atoms with Gasteiger partial charge >= 0.3 is 5.97 Å². The molecule has 0 aliphatic rings. The van der Waals surface area contributed by atoms with Crippen LogP contribution in [0.2, 0.25) is 0 Å². The summed E-state index contributed by atoms with van der Waals surface area (Å²) in [6, 6.07) is 0. The first-order valence-corrected chi connectivity index (χ1v) is 4.10. The minimum atomic E-state index is -0.112. The Morgan fingerprint density at radius 1 is 1.45 bits per heavy atom. The van der Waals surface area contributed by atoms with Gasteiger partial charge in [0.2, 0.25) is 0 Å². The van der Waals surface area contributed by atoms with Crippen molar-refractivity contribution in [2.75, 3.05) is 19.7 Å². The zero-order valence-corrected chi connectivity index (χ0v) is 7.30. The average Bonchev–Trinajstić information content (AvgIpc) is 1.99. The van der Waals surface area contributed by atoms with Crippen molar-refractivity contribution < 1.29 is 9.53 Å². The van der Waals surface area contributed by atoms with E-state index >= 15 is 0 Å². The summed E-state index contributed by atoms with van der Waals surface area (Å²) >= 11 is 0. The monoisotopic (exact) mass is 158 g/mol. The summed E-state index contributed by atoms with van der Waals surface area (Å²) in [7, 11) is 0. The van der Waals surface area contributed by atoms with Gasteiger partial charge in [-0.3, -0.25) is 4.79 Å². The van der Waals surface area contributed by atoms with E-state index < -0.39 is 0 Å². The van der Waals surface area contributed by atoms with E-state index in [2.05, 4.69) is 5.32 Å². The van der Waals surface area contributed by atoms with Gasteiger partial charge in [0, 0.05) is 19.5 Å². The Kier molecular flexibility index (Phi) is 7.15. The number of ether oxygens (including phenoxy) is 1. The summed E-state index contributed by atoms with van der Waals surface area (Å²) in [6.45, 7) is 5.89. The topological polar surface area (TPSA) is 40.4 Å². The number of nitrogens with zero attached hydrogens (tertiary/aromatic N) is 1. The summed E-state index contributed by atoms with van der Waals surface area (Å²) in [5.41, 5.74) is 0. The second-order valence-electron chi connectivity index (χ2n) is 2.17. The third-order valence-corrected chi connectivity index (χ3v) is 1.23. The molecule has 0 N–H and O–H groups in total. The van der Waals surface area contributed by atoms with Crippen LogP contribution in [0.25, 0.3) is 0 Å². The van der Waals surface area contributed by atoms with E-state index in [1.165, 1.54) is 0 Å². The summed E-state index contributed by atoms with van der Waals surface area (Å²) in [5, 5.41) is 4.10. The quantitative estimate of drug-likeness (QED) is 0.426. The first kappa shape index (κ1) is 10.4. The van der Waals surface area contributed by atoms with Gasteiger partial charge in [-0.25, -0.2) is 5.32 Å². The van der Waals surface area contributed by atoms with Crippen molar-refractivity contribution in [3.63, 3.8) is 0 Å². The molecule has 0 aromatic heterocycles. The largest absolute Gasteiger partial charge is 0.466 e. The zero-order valence-electron chi connectivity index (χ0n) is 7.30. The SMILES string of the molecule is CC[N]CCCC(=O)OCC. The van der Waals surface area contributed by atoms with Gasteiger partial charge in [0.15, 0.2) is 0 Å². The third kappa shape index (κ3) is 7.33. The van der Waals surface area contributed by atoms with Crippen LogP contribution in [0.15, 0.2) is 0 Å². The molecule has 0 bridgehead atoms. The average molecular weight is 158 g/mol. The van der Waals surface area contributed by atoms with Crippen molar-refractivity contribution in [3.8, 4) is 0 Å². The number of hydrogen-bond acceptors (Lipinski definition) is 2. The molecule has 0 aliphatic carbocycles. The molecule has 1 radical (unpaired) electrons. The number of carbonyl (C=O) groups excluding carboxylic acids is 1. The normalized spacial score (nSPS) is 9.64. The van der Waals surface area contributed by atoms with E-state index in [0.717, 1.165) is 19.5 Å². The highest BCUT2D eigenvalue weighted by molar-refractivity contribution is 5.69. The van der Waals surface area contributed by atoms with Crippen molar-refractivity contribution in [2.24, 2.45) is 0 Å².